The fraction of sp³-hybridized carbons (Fsp3) is 0.261. The number of rotatable bonds is 5. The van der Waals surface area contributed by atoms with Crippen LogP contribution >= 0.6 is 0 Å². The first-order chi connectivity index (χ1) is 14.2. The van der Waals surface area contributed by atoms with Gasteiger partial charge in [0.15, 0.2) is 0 Å². The number of piperidine rings is 1. The number of anilines is 1. The van der Waals surface area contributed by atoms with Crippen LogP contribution < -0.4 is 10.6 Å². The fourth-order valence-electron chi connectivity index (χ4n) is 3.70. The van der Waals surface area contributed by atoms with E-state index in [4.69, 9.17) is 0 Å². The normalized spacial score (nSPS) is 15.2. The van der Waals surface area contributed by atoms with Gasteiger partial charge in [-0.25, -0.2) is 0 Å². The molecule has 0 spiro atoms. The number of amides is 2. The third-order valence-corrected chi connectivity index (χ3v) is 5.25. The van der Waals surface area contributed by atoms with Gasteiger partial charge in [0.05, 0.1) is 17.7 Å². The van der Waals surface area contributed by atoms with Gasteiger partial charge in [0.1, 0.15) is 0 Å². The number of hydrogen-bond donors (Lipinski definition) is 2. The molecule has 2 N–H and O–H groups in total. The standard InChI is InChI=1S/C23H24N4O2/c28-22(26-21-10-4-9-20-19(21)8-5-13-24-20)16-27-14-11-18(12-15-27)25-23(29)17-6-2-1-3-7-17/h1-10,13,18H,11-12,14-16H2,(H,25,29)(H,26,28). The quantitative estimate of drug-likeness (QED) is 0.704. The molecule has 1 fully saturated rings. The maximum absolute atomic E-state index is 12.5. The van der Waals surface area contributed by atoms with Crippen molar-refractivity contribution in [1.82, 2.24) is 15.2 Å². The van der Waals surface area contributed by atoms with Gasteiger partial charge in [-0.2, -0.15) is 0 Å². The summed E-state index contributed by atoms with van der Waals surface area (Å²) in [6, 6.07) is 18.9. The van der Waals surface area contributed by atoms with Crippen molar-refractivity contribution in [3.63, 3.8) is 0 Å². The number of aromatic nitrogens is 1. The highest BCUT2D eigenvalue weighted by molar-refractivity contribution is 6.01. The lowest BCUT2D eigenvalue weighted by Gasteiger charge is -2.31. The van der Waals surface area contributed by atoms with Crippen LogP contribution in [0.3, 0.4) is 0 Å². The van der Waals surface area contributed by atoms with E-state index >= 15 is 0 Å². The maximum atomic E-state index is 12.5. The first-order valence-electron chi connectivity index (χ1n) is 9.91. The molecule has 3 aromatic rings. The molecule has 1 aliphatic rings. The maximum Gasteiger partial charge on any atom is 0.251 e. The lowest BCUT2D eigenvalue weighted by atomic mass is 10.0. The van der Waals surface area contributed by atoms with Crippen LogP contribution in [0.15, 0.2) is 66.9 Å². The van der Waals surface area contributed by atoms with Crippen LogP contribution in [0.2, 0.25) is 0 Å². The Morgan fingerprint density at radius 3 is 2.55 bits per heavy atom. The summed E-state index contributed by atoms with van der Waals surface area (Å²) in [5, 5.41) is 7.04. The highest BCUT2D eigenvalue weighted by Gasteiger charge is 2.22. The smallest absolute Gasteiger partial charge is 0.251 e. The third-order valence-electron chi connectivity index (χ3n) is 5.25. The Hall–Kier alpha value is -3.25. The third kappa shape index (κ3) is 4.78. The SMILES string of the molecule is O=C(CN1CCC(NC(=O)c2ccccc2)CC1)Nc1cccc2ncccc12. The molecule has 0 aliphatic carbocycles. The summed E-state index contributed by atoms with van der Waals surface area (Å²) in [5.41, 5.74) is 2.32. The summed E-state index contributed by atoms with van der Waals surface area (Å²) in [6.07, 6.45) is 3.42. The van der Waals surface area contributed by atoms with E-state index in [1.54, 1.807) is 6.20 Å². The van der Waals surface area contributed by atoms with Crippen LogP contribution in [0.5, 0.6) is 0 Å². The van der Waals surface area contributed by atoms with Crippen LogP contribution in [0.1, 0.15) is 23.2 Å². The van der Waals surface area contributed by atoms with Gasteiger partial charge in [-0.15, -0.1) is 0 Å². The molecular formula is C23H24N4O2. The lowest BCUT2D eigenvalue weighted by molar-refractivity contribution is -0.117. The Balaban J connectivity index is 1.27. The Kier molecular flexibility index (Phi) is 5.81. The number of carbonyl (C=O) groups excluding carboxylic acids is 2. The van der Waals surface area contributed by atoms with Crippen LogP contribution in [0, 0.1) is 0 Å². The second-order valence-electron chi connectivity index (χ2n) is 7.31. The molecule has 1 aliphatic heterocycles. The van der Waals surface area contributed by atoms with Crippen molar-refractivity contribution in [2.45, 2.75) is 18.9 Å². The van der Waals surface area contributed by atoms with Crippen molar-refractivity contribution in [3.8, 4) is 0 Å². The molecule has 2 heterocycles. The molecule has 0 saturated carbocycles. The van der Waals surface area contributed by atoms with E-state index in [0.29, 0.717) is 12.1 Å². The van der Waals surface area contributed by atoms with Crippen molar-refractivity contribution < 1.29 is 9.59 Å². The zero-order valence-electron chi connectivity index (χ0n) is 16.2. The van der Waals surface area contributed by atoms with E-state index in [2.05, 4.69) is 20.5 Å². The average molecular weight is 388 g/mol. The second-order valence-corrected chi connectivity index (χ2v) is 7.31. The van der Waals surface area contributed by atoms with Crippen LogP contribution in [0.25, 0.3) is 10.9 Å². The van der Waals surface area contributed by atoms with Gasteiger partial charge in [-0.3, -0.25) is 19.5 Å². The largest absolute Gasteiger partial charge is 0.349 e. The molecule has 148 valence electrons. The summed E-state index contributed by atoms with van der Waals surface area (Å²) in [6.45, 7) is 1.91. The zero-order chi connectivity index (χ0) is 20.1. The Morgan fingerprint density at radius 2 is 1.76 bits per heavy atom. The number of carbonyl (C=O) groups is 2. The number of fused-ring (bicyclic) bond motifs is 1. The molecule has 29 heavy (non-hydrogen) atoms. The van der Waals surface area contributed by atoms with E-state index < -0.39 is 0 Å². The summed E-state index contributed by atoms with van der Waals surface area (Å²) >= 11 is 0. The van der Waals surface area contributed by atoms with Gasteiger partial charge in [0, 0.05) is 36.3 Å². The molecule has 1 aromatic heterocycles. The van der Waals surface area contributed by atoms with Crippen molar-refractivity contribution >= 4 is 28.4 Å². The first kappa shape index (κ1) is 19.1. The minimum absolute atomic E-state index is 0.0341. The average Bonchev–Trinajstić information content (AvgIpc) is 2.76. The van der Waals surface area contributed by atoms with E-state index in [1.165, 1.54) is 0 Å². The van der Waals surface area contributed by atoms with E-state index in [1.807, 2.05) is 60.7 Å². The van der Waals surface area contributed by atoms with Crippen LogP contribution in [-0.4, -0.2) is 47.4 Å². The summed E-state index contributed by atoms with van der Waals surface area (Å²) in [4.78, 5) is 31.3. The number of pyridine rings is 1. The second kappa shape index (κ2) is 8.84. The fourth-order valence-corrected chi connectivity index (χ4v) is 3.70. The molecule has 6 heteroatoms. The lowest BCUT2D eigenvalue weighted by Crippen LogP contribution is -2.46. The molecule has 0 bridgehead atoms. The minimum Gasteiger partial charge on any atom is -0.349 e. The topological polar surface area (TPSA) is 74.3 Å². The van der Waals surface area contributed by atoms with Crippen LogP contribution in [-0.2, 0) is 4.79 Å². The summed E-state index contributed by atoms with van der Waals surface area (Å²) in [5.74, 6) is -0.0699. The Labute approximate surface area is 169 Å². The predicted molar refractivity (Wildman–Crippen MR) is 114 cm³/mol. The van der Waals surface area contributed by atoms with E-state index in [-0.39, 0.29) is 17.9 Å². The van der Waals surface area contributed by atoms with E-state index in [0.717, 1.165) is 42.5 Å². The van der Waals surface area contributed by atoms with Gasteiger partial charge in [-0.05, 0) is 49.2 Å². The monoisotopic (exact) mass is 388 g/mol. The molecular weight excluding hydrogens is 364 g/mol. The molecule has 0 atom stereocenters. The summed E-state index contributed by atoms with van der Waals surface area (Å²) < 4.78 is 0. The van der Waals surface area contributed by atoms with Crippen molar-refractivity contribution in [3.05, 3.63) is 72.4 Å². The van der Waals surface area contributed by atoms with Gasteiger partial charge in [0.2, 0.25) is 5.91 Å². The van der Waals surface area contributed by atoms with Crippen molar-refractivity contribution in [2.75, 3.05) is 25.0 Å². The highest BCUT2D eigenvalue weighted by atomic mass is 16.2. The molecule has 0 radical (unpaired) electrons. The molecule has 4 rings (SSSR count). The van der Waals surface area contributed by atoms with Gasteiger partial charge < -0.3 is 10.6 Å². The number of nitrogens with zero attached hydrogens (tertiary/aromatic N) is 2. The predicted octanol–water partition coefficient (Wildman–Crippen LogP) is 3.07. The number of hydrogen-bond acceptors (Lipinski definition) is 4. The van der Waals surface area contributed by atoms with Crippen LogP contribution in [0.4, 0.5) is 5.69 Å². The zero-order valence-corrected chi connectivity index (χ0v) is 16.2. The van der Waals surface area contributed by atoms with Gasteiger partial charge >= 0.3 is 0 Å². The van der Waals surface area contributed by atoms with E-state index in [9.17, 15) is 9.59 Å². The minimum atomic E-state index is -0.0358. The molecule has 6 nitrogen and oxygen atoms in total. The molecule has 1 saturated heterocycles. The van der Waals surface area contributed by atoms with Gasteiger partial charge in [-0.1, -0.05) is 24.3 Å². The number of nitrogens with one attached hydrogen (secondary N) is 2. The highest BCUT2D eigenvalue weighted by Crippen LogP contribution is 2.21. The molecule has 2 amide bonds. The Morgan fingerprint density at radius 1 is 0.966 bits per heavy atom. The summed E-state index contributed by atoms with van der Waals surface area (Å²) in [7, 11) is 0. The Bertz CT molecular complexity index is 993. The molecule has 2 aromatic carbocycles. The number of benzene rings is 2. The first-order valence-corrected chi connectivity index (χ1v) is 9.91. The van der Waals surface area contributed by atoms with Gasteiger partial charge in [0.25, 0.3) is 5.91 Å². The van der Waals surface area contributed by atoms with Crippen molar-refractivity contribution in [1.29, 1.82) is 0 Å². The van der Waals surface area contributed by atoms with Crippen molar-refractivity contribution in [2.24, 2.45) is 0 Å². The molecule has 0 unspecified atom stereocenters. The number of likely N-dealkylation sites (tertiary alicyclic amines) is 1.